The number of nitrogens with one attached hydrogen (secondary N) is 6. The van der Waals surface area contributed by atoms with Gasteiger partial charge >= 0.3 is 0 Å². The molecule has 46 heavy (non-hydrogen) atoms. The first-order chi connectivity index (χ1) is 21.5. The van der Waals surface area contributed by atoms with Crippen LogP contribution in [0.15, 0.2) is 39.6 Å². The van der Waals surface area contributed by atoms with Crippen LogP contribution in [0.25, 0.3) is 0 Å². The molecule has 0 heterocycles. The SMILES string of the molecule is CC(/C=N/NC(=N)N)=N\N=C(N)N.O=C1c2c(O)ccc(O)c2C(=O)c2c(NCCNCCO)ccc(NCCNCCO)c21.[Mo]. The molecular formula is C27H40MoN12O6. The predicted octanol–water partition coefficient (Wildman–Crippen LogP) is -2.04. The number of fused-ring (bicyclic) bond motifs is 2. The van der Waals surface area contributed by atoms with E-state index in [2.05, 4.69) is 42.0 Å². The second kappa shape index (κ2) is 20.4. The van der Waals surface area contributed by atoms with E-state index in [9.17, 15) is 19.8 Å². The monoisotopic (exact) mass is 726 g/mol. The van der Waals surface area contributed by atoms with Crippen LogP contribution in [0.1, 0.15) is 38.8 Å². The maximum atomic E-state index is 13.4. The van der Waals surface area contributed by atoms with Crippen LogP contribution in [0.2, 0.25) is 0 Å². The van der Waals surface area contributed by atoms with Gasteiger partial charge in [0, 0.05) is 71.7 Å². The molecule has 2 aromatic rings. The van der Waals surface area contributed by atoms with Crippen LogP contribution in [0.5, 0.6) is 11.5 Å². The molecule has 0 atom stereocenters. The standard InChI is InChI=1S/C22H28N4O6.C5H12N8.Mo/c27-11-9-23-5-7-25-13-1-2-14(26-8-6-24-10-12-28)18-17(13)21(31)19-15(29)3-4-16(30)20(19)22(18)32;1-3(11-13-5(8)9)2-10-12-4(6)7;/h1-4,23-30H,5-12H2;2H,1H3,(H4,6,7,12)(H4,8,9,13);/b;10-2+,11-3+;. The molecule has 1 aliphatic rings. The number of nitrogens with zero attached hydrogens (tertiary/aromatic N) is 3. The zero-order chi connectivity index (χ0) is 33.4. The number of nitrogens with two attached hydrogens (primary N) is 3. The first kappa shape index (κ1) is 39.4. The van der Waals surface area contributed by atoms with E-state index in [1.807, 2.05) is 0 Å². The number of carbonyl (C=O) groups is 2. The molecule has 3 rings (SSSR count). The Bertz CT molecular complexity index is 1370. The largest absolute Gasteiger partial charge is 0.507 e. The third-order valence-corrected chi connectivity index (χ3v) is 5.85. The normalized spacial score (nSPS) is 11.8. The van der Waals surface area contributed by atoms with Gasteiger partial charge in [0.1, 0.15) is 11.5 Å². The first-order valence-corrected chi connectivity index (χ1v) is 13.7. The summed E-state index contributed by atoms with van der Waals surface area (Å²) in [5, 5.41) is 67.8. The van der Waals surface area contributed by atoms with E-state index in [0.29, 0.717) is 56.4 Å². The second-order valence-corrected chi connectivity index (χ2v) is 9.27. The Morgan fingerprint density at radius 1 is 0.761 bits per heavy atom. The number of aromatic hydroxyl groups is 2. The molecule has 0 spiro atoms. The number of ketones is 2. The zero-order valence-corrected chi connectivity index (χ0v) is 27.1. The Kier molecular flexibility index (Phi) is 17.5. The molecule has 0 aliphatic heterocycles. The Labute approximate surface area is 279 Å². The van der Waals surface area contributed by atoms with E-state index in [4.69, 9.17) is 32.8 Å². The zero-order valence-electron chi connectivity index (χ0n) is 25.1. The minimum atomic E-state index is -0.559. The third-order valence-electron chi connectivity index (χ3n) is 5.85. The van der Waals surface area contributed by atoms with Gasteiger partial charge in [0.2, 0.25) is 23.5 Å². The topological polar surface area (TPSA) is 314 Å². The molecule has 2 aromatic carbocycles. The van der Waals surface area contributed by atoms with Gasteiger partial charge in [0.15, 0.2) is 0 Å². The Morgan fingerprint density at radius 2 is 1.22 bits per heavy atom. The van der Waals surface area contributed by atoms with Gasteiger partial charge in [0.05, 0.1) is 47.4 Å². The Hall–Kier alpha value is -4.61. The van der Waals surface area contributed by atoms with Crippen LogP contribution < -0.4 is 43.9 Å². The molecule has 0 saturated carbocycles. The van der Waals surface area contributed by atoms with Crippen molar-refractivity contribution in [3.8, 4) is 11.5 Å². The minimum absolute atomic E-state index is 0. The fraction of sp³-hybridized carbons (Fsp3) is 0.333. The van der Waals surface area contributed by atoms with Crippen molar-refractivity contribution in [3.63, 3.8) is 0 Å². The molecule has 16 N–H and O–H groups in total. The van der Waals surface area contributed by atoms with Crippen LogP contribution in [-0.4, -0.2) is 108 Å². The molecule has 0 aromatic heterocycles. The van der Waals surface area contributed by atoms with Gasteiger partial charge in [-0.2, -0.15) is 10.2 Å². The molecule has 0 saturated heterocycles. The number of guanidine groups is 2. The van der Waals surface area contributed by atoms with Crippen molar-refractivity contribution < 1.29 is 51.1 Å². The van der Waals surface area contributed by atoms with Crippen molar-refractivity contribution in [2.75, 3.05) is 63.1 Å². The van der Waals surface area contributed by atoms with Crippen LogP contribution in [0, 0.1) is 5.41 Å². The number of anilines is 2. The summed E-state index contributed by atoms with van der Waals surface area (Å²) < 4.78 is 0. The summed E-state index contributed by atoms with van der Waals surface area (Å²) in [6.07, 6.45) is 1.33. The average Bonchev–Trinajstić information content (AvgIpc) is 3.00. The third kappa shape index (κ3) is 11.7. The van der Waals surface area contributed by atoms with E-state index >= 15 is 0 Å². The van der Waals surface area contributed by atoms with Crippen LogP contribution >= 0.6 is 0 Å². The molecule has 0 fully saturated rings. The number of benzene rings is 2. The summed E-state index contributed by atoms with van der Waals surface area (Å²) in [5.74, 6) is -2.25. The van der Waals surface area contributed by atoms with Crippen LogP contribution in [0.3, 0.4) is 0 Å². The first-order valence-electron chi connectivity index (χ1n) is 13.7. The summed E-state index contributed by atoms with van der Waals surface area (Å²) in [5.41, 5.74) is 18.4. The van der Waals surface area contributed by atoms with Gasteiger partial charge in [0.25, 0.3) is 0 Å². The van der Waals surface area contributed by atoms with Crippen molar-refractivity contribution in [2.45, 2.75) is 6.92 Å². The molecular weight excluding hydrogens is 684 g/mol. The molecule has 0 radical (unpaired) electrons. The number of phenolic OH excluding ortho intramolecular Hbond substituents is 2. The quantitative estimate of drug-likeness (QED) is 0.0201. The van der Waals surface area contributed by atoms with E-state index in [0.717, 1.165) is 0 Å². The van der Waals surface area contributed by atoms with Crippen molar-refractivity contribution in [2.24, 2.45) is 32.5 Å². The maximum Gasteiger partial charge on any atom is 0.211 e. The molecule has 0 bridgehead atoms. The number of hydrazone groups is 1. The molecule has 1 aliphatic carbocycles. The van der Waals surface area contributed by atoms with E-state index in [1.165, 1.54) is 18.3 Å². The minimum Gasteiger partial charge on any atom is -0.507 e. The van der Waals surface area contributed by atoms with Crippen molar-refractivity contribution in [1.29, 1.82) is 5.41 Å². The van der Waals surface area contributed by atoms with Gasteiger partial charge in [-0.25, -0.2) is 5.43 Å². The summed E-state index contributed by atoms with van der Waals surface area (Å²) in [7, 11) is 0. The number of aliphatic hydroxyl groups excluding tert-OH is 2. The summed E-state index contributed by atoms with van der Waals surface area (Å²) in [4.78, 5) is 26.7. The van der Waals surface area contributed by atoms with Crippen molar-refractivity contribution in [1.82, 2.24) is 16.1 Å². The number of aliphatic hydroxyl groups is 2. The predicted molar refractivity (Wildman–Crippen MR) is 172 cm³/mol. The van der Waals surface area contributed by atoms with Gasteiger partial charge < -0.3 is 58.9 Å². The van der Waals surface area contributed by atoms with E-state index < -0.39 is 11.6 Å². The molecule has 18 nitrogen and oxygen atoms in total. The van der Waals surface area contributed by atoms with Crippen molar-refractivity contribution >= 4 is 46.8 Å². The fourth-order valence-corrected chi connectivity index (χ4v) is 4.00. The summed E-state index contributed by atoms with van der Waals surface area (Å²) >= 11 is 0. The molecule has 0 amide bonds. The number of hydrogen-bond acceptors (Lipinski definition) is 14. The number of hydrogen-bond donors (Lipinski definition) is 13. The molecule has 19 heteroatoms. The molecule has 0 unspecified atom stereocenters. The summed E-state index contributed by atoms with van der Waals surface area (Å²) in [6, 6.07) is 5.74. The fourth-order valence-electron chi connectivity index (χ4n) is 4.00. The van der Waals surface area contributed by atoms with Gasteiger partial charge in [-0.05, 0) is 31.2 Å². The Morgan fingerprint density at radius 3 is 1.61 bits per heavy atom. The maximum absolute atomic E-state index is 13.4. The average molecular weight is 725 g/mol. The Balaban J connectivity index is 0.000000642. The molecule has 250 valence electrons. The smallest absolute Gasteiger partial charge is 0.211 e. The van der Waals surface area contributed by atoms with Crippen LogP contribution in [-0.2, 0) is 21.1 Å². The van der Waals surface area contributed by atoms with Gasteiger partial charge in [-0.3, -0.25) is 15.0 Å². The van der Waals surface area contributed by atoms with Crippen molar-refractivity contribution in [3.05, 3.63) is 46.5 Å². The number of phenols is 2. The second-order valence-electron chi connectivity index (χ2n) is 9.27. The van der Waals surface area contributed by atoms with Crippen LogP contribution in [0.4, 0.5) is 11.4 Å². The number of rotatable bonds is 15. The number of carbonyl (C=O) groups excluding carboxylic acids is 2. The van der Waals surface area contributed by atoms with Gasteiger partial charge in [-0.15, -0.1) is 5.10 Å². The van der Waals surface area contributed by atoms with Gasteiger partial charge in [-0.1, -0.05) is 0 Å². The van der Waals surface area contributed by atoms with E-state index in [-0.39, 0.29) is 80.0 Å². The van der Waals surface area contributed by atoms with E-state index in [1.54, 1.807) is 19.1 Å². The summed E-state index contributed by atoms with van der Waals surface area (Å²) in [6.45, 7) is 4.45.